The summed E-state index contributed by atoms with van der Waals surface area (Å²) in [4.78, 5) is 0. The molecule has 118 valence electrons. The first-order valence-corrected chi connectivity index (χ1v) is 8.69. The van der Waals surface area contributed by atoms with Crippen LogP contribution in [0.4, 0.5) is 0 Å². The molecule has 0 aliphatic carbocycles. The molecule has 0 aromatic heterocycles. The van der Waals surface area contributed by atoms with Gasteiger partial charge in [-0.3, -0.25) is 0 Å². The Morgan fingerprint density at radius 3 is 2.45 bits per heavy atom. The molecule has 2 aromatic rings. The molecule has 0 spiro atoms. The lowest BCUT2D eigenvalue weighted by atomic mass is 9.93. The second-order valence-electron chi connectivity index (χ2n) is 6.10. The van der Waals surface area contributed by atoms with Gasteiger partial charge in [-0.25, -0.2) is 0 Å². The molecule has 0 aliphatic rings. The Morgan fingerprint density at radius 2 is 1.82 bits per heavy atom. The maximum absolute atomic E-state index is 10.5. The minimum atomic E-state index is -0.133. The van der Waals surface area contributed by atoms with E-state index in [1.54, 1.807) is 0 Å². The van der Waals surface area contributed by atoms with Crippen molar-refractivity contribution in [3.8, 4) is 5.75 Å². The predicted octanol–water partition coefficient (Wildman–Crippen LogP) is 4.13. The summed E-state index contributed by atoms with van der Waals surface area (Å²) in [5, 5.41) is 21.1. The molecule has 2 unspecified atom stereocenters. The number of aliphatic hydroxyl groups is 1. The molecule has 0 saturated heterocycles. The van der Waals surface area contributed by atoms with Crippen LogP contribution in [0, 0.1) is 13.8 Å². The van der Waals surface area contributed by atoms with Crippen LogP contribution in [-0.4, -0.2) is 10.2 Å². The molecule has 2 atom stereocenters. The summed E-state index contributed by atoms with van der Waals surface area (Å²) >= 11 is 0. The molecule has 0 heterocycles. The number of hydrogen-bond acceptors (Lipinski definition) is 2. The fraction of sp³-hybridized carbons (Fsp3) is 0.368. The molecule has 22 heavy (non-hydrogen) atoms. The van der Waals surface area contributed by atoms with E-state index in [4.69, 9.17) is 0 Å². The van der Waals surface area contributed by atoms with Gasteiger partial charge in [-0.05, 0) is 36.7 Å². The van der Waals surface area contributed by atoms with Crippen molar-refractivity contribution in [1.82, 2.24) is 0 Å². The highest BCUT2D eigenvalue weighted by Crippen LogP contribution is 2.48. The second kappa shape index (κ2) is 6.81. The van der Waals surface area contributed by atoms with Crippen LogP contribution in [0.5, 0.6) is 5.75 Å². The molecule has 2 rings (SSSR count). The van der Waals surface area contributed by atoms with E-state index >= 15 is 0 Å². The topological polar surface area (TPSA) is 40.5 Å². The molecule has 2 N–H and O–H groups in total. The number of aromatic hydroxyl groups is 1. The summed E-state index contributed by atoms with van der Waals surface area (Å²) in [7, 11) is 0.501. The smallest absolute Gasteiger partial charge is 0.122 e. The minimum Gasteiger partial charge on any atom is -0.507 e. The highest BCUT2D eigenvalue weighted by molar-refractivity contribution is 7.48. The van der Waals surface area contributed by atoms with Crippen LogP contribution in [-0.2, 0) is 11.8 Å². The number of aliphatic hydroxyl groups excluding tert-OH is 1. The number of rotatable bonds is 5. The Kier molecular flexibility index (Phi) is 5.26. The van der Waals surface area contributed by atoms with E-state index in [1.807, 2.05) is 31.2 Å². The summed E-state index contributed by atoms with van der Waals surface area (Å²) in [5.41, 5.74) is 4.09. The summed E-state index contributed by atoms with van der Waals surface area (Å²) in [6.07, 6.45) is 0.932. The molecular formula is C19H25O2P. The number of benzene rings is 2. The minimum absolute atomic E-state index is 0.0573. The van der Waals surface area contributed by atoms with Gasteiger partial charge in [0.2, 0.25) is 0 Å². The fourth-order valence-electron chi connectivity index (χ4n) is 2.80. The zero-order valence-corrected chi connectivity index (χ0v) is 14.8. The SMILES string of the molecule is CCC(C)(Pc1ccccc1CO)c1cc(C)cc(C)c1O. The van der Waals surface area contributed by atoms with Gasteiger partial charge in [-0.1, -0.05) is 64.4 Å². The van der Waals surface area contributed by atoms with Crippen molar-refractivity contribution in [2.75, 3.05) is 0 Å². The van der Waals surface area contributed by atoms with Crippen LogP contribution in [0.2, 0.25) is 0 Å². The molecule has 0 amide bonds. The molecule has 2 aromatic carbocycles. The van der Waals surface area contributed by atoms with E-state index < -0.39 is 0 Å². The number of hydrogen-bond donors (Lipinski definition) is 2. The Hall–Kier alpha value is -1.37. The first kappa shape index (κ1) is 17.0. The Morgan fingerprint density at radius 1 is 1.14 bits per heavy atom. The van der Waals surface area contributed by atoms with Crippen molar-refractivity contribution < 1.29 is 10.2 Å². The normalized spacial score (nSPS) is 14.4. The van der Waals surface area contributed by atoms with Crippen molar-refractivity contribution >= 4 is 13.9 Å². The van der Waals surface area contributed by atoms with Crippen LogP contribution in [0.1, 0.15) is 42.5 Å². The number of phenolic OH excluding ortho intramolecular Hbond substituents is 1. The van der Waals surface area contributed by atoms with E-state index in [9.17, 15) is 10.2 Å². The predicted molar refractivity (Wildman–Crippen MR) is 95.5 cm³/mol. The number of phenols is 1. The Bertz CT molecular complexity index is 666. The van der Waals surface area contributed by atoms with Crippen molar-refractivity contribution in [3.05, 3.63) is 58.7 Å². The van der Waals surface area contributed by atoms with Crippen molar-refractivity contribution in [2.24, 2.45) is 0 Å². The monoisotopic (exact) mass is 316 g/mol. The molecule has 0 saturated carbocycles. The van der Waals surface area contributed by atoms with Crippen LogP contribution < -0.4 is 5.30 Å². The quantitative estimate of drug-likeness (QED) is 0.814. The third-order valence-electron chi connectivity index (χ3n) is 4.34. The van der Waals surface area contributed by atoms with Crippen molar-refractivity contribution in [1.29, 1.82) is 0 Å². The third-order valence-corrected chi connectivity index (χ3v) is 6.28. The van der Waals surface area contributed by atoms with Gasteiger partial charge in [0.15, 0.2) is 0 Å². The zero-order valence-electron chi connectivity index (χ0n) is 13.8. The highest BCUT2D eigenvalue weighted by Gasteiger charge is 2.29. The molecule has 0 fully saturated rings. The van der Waals surface area contributed by atoms with Gasteiger partial charge in [0, 0.05) is 10.7 Å². The molecule has 3 heteroatoms. The summed E-state index contributed by atoms with van der Waals surface area (Å²) < 4.78 is 0. The van der Waals surface area contributed by atoms with Crippen LogP contribution >= 0.6 is 8.58 Å². The first-order valence-electron chi connectivity index (χ1n) is 7.69. The van der Waals surface area contributed by atoms with Gasteiger partial charge >= 0.3 is 0 Å². The molecule has 0 radical (unpaired) electrons. The molecule has 0 bridgehead atoms. The Labute approximate surface area is 135 Å². The highest BCUT2D eigenvalue weighted by atomic mass is 31.1. The fourth-order valence-corrected chi connectivity index (χ4v) is 4.40. The summed E-state index contributed by atoms with van der Waals surface area (Å²) in [6, 6.07) is 12.1. The van der Waals surface area contributed by atoms with E-state index in [-0.39, 0.29) is 11.8 Å². The lowest BCUT2D eigenvalue weighted by Crippen LogP contribution is -2.20. The average Bonchev–Trinajstić information content (AvgIpc) is 2.51. The largest absolute Gasteiger partial charge is 0.507 e. The van der Waals surface area contributed by atoms with Crippen molar-refractivity contribution in [2.45, 2.75) is 45.9 Å². The van der Waals surface area contributed by atoms with Gasteiger partial charge in [-0.2, -0.15) is 0 Å². The van der Waals surface area contributed by atoms with Gasteiger partial charge in [0.1, 0.15) is 5.75 Å². The maximum Gasteiger partial charge on any atom is 0.122 e. The zero-order chi connectivity index (χ0) is 16.3. The van der Waals surface area contributed by atoms with Crippen LogP contribution in [0.25, 0.3) is 0 Å². The summed E-state index contributed by atoms with van der Waals surface area (Å²) in [6.45, 7) is 8.44. The van der Waals surface area contributed by atoms with E-state index in [1.165, 1.54) is 10.9 Å². The van der Waals surface area contributed by atoms with E-state index in [0.717, 1.165) is 23.1 Å². The number of aryl methyl sites for hydroxylation is 2. The summed E-state index contributed by atoms with van der Waals surface area (Å²) in [5.74, 6) is 0.406. The van der Waals surface area contributed by atoms with Gasteiger partial charge in [0.05, 0.1) is 6.61 Å². The standard InChI is InChI=1S/C19H25O2P/c1-5-19(4,16-11-13(2)10-14(3)18(16)21)22-17-9-7-6-8-15(17)12-20/h6-11,20-22H,5,12H2,1-4H3. The van der Waals surface area contributed by atoms with Gasteiger partial charge in [-0.15, -0.1) is 0 Å². The second-order valence-corrected chi connectivity index (χ2v) is 8.00. The van der Waals surface area contributed by atoms with E-state index in [2.05, 4.69) is 32.9 Å². The average molecular weight is 316 g/mol. The van der Waals surface area contributed by atoms with Crippen molar-refractivity contribution in [3.63, 3.8) is 0 Å². The lowest BCUT2D eigenvalue weighted by molar-refractivity contribution is 0.283. The van der Waals surface area contributed by atoms with Crippen LogP contribution in [0.3, 0.4) is 0 Å². The Balaban J connectivity index is 2.49. The molecule has 0 aliphatic heterocycles. The third kappa shape index (κ3) is 3.34. The van der Waals surface area contributed by atoms with E-state index in [0.29, 0.717) is 14.3 Å². The van der Waals surface area contributed by atoms with Gasteiger partial charge < -0.3 is 10.2 Å². The van der Waals surface area contributed by atoms with Crippen LogP contribution in [0.15, 0.2) is 36.4 Å². The lowest BCUT2D eigenvalue weighted by Gasteiger charge is -2.31. The molecular weight excluding hydrogens is 291 g/mol. The first-order chi connectivity index (χ1) is 10.4. The molecule has 2 nitrogen and oxygen atoms in total. The maximum atomic E-state index is 10.5. The van der Waals surface area contributed by atoms with Gasteiger partial charge in [0.25, 0.3) is 0 Å².